The van der Waals surface area contributed by atoms with Crippen molar-refractivity contribution in [1.82, 2.24) is 20.9 Å². The third-order valence-electron chi connectivity index (χ3n) is 7.45. The number of carbonyl (C=O) groups is 4. The highest BCUT2D eigenvalue weighted by Gasteiger charge is 2.30. The molecule has 13 heteroatoms. The summed E-state index contributed by atoms with van der Waals surface area (Å²) in [6.45, 7) is 2.19. The summed E-state index contributed by atoms with van der Waals surface area (Å²) in [7, 11) is 0. The number of nitrogens with two attached hydrogens (primary N) is 4. The van der Waals surface area contributed by atoms with Gasteiger partial charge in [-0.15, -0.1) is 0 Å². The molecule has 45 heavy (non-hydrogen) atoms. The highest BCUT2D eigenvalue weighted by molar-refractivity contribution is 5.95. The van der Waals surface area contributed by atoms with Crippen LogP contribution in [0.1, 0.15) is 50.2 Å². The van der Waals surface area contributed by atoms with Crippen LogP contribution in [0.5, 0.6) is 0 Å². The van der Waals surface area contributed by atoms with Crippen molar-refractivity contribution >= 4 is 40.5 Å². The molecule has 0 bridgehead atoms. The Bertz CT molecular complexity index is 1450. The number of fused-ring (bicyclic) bond motifs is 1. The lowest BCUT2D eigenvalue weighted by molar-refractivity contribution is -0.133. The summed E-state index contributed by atoms with van der Waals surface area (Å²) < 4.78 is 0. The van der Waals surface area contributed by atoms with Crippen molar-refractivity contribution in [2.45, 2.75) is 76.0 Å². The SMILES string of the molecule is CCCC[C@H](NC(=O)[C@H](N)Cc1c[nH]c2ccccc12)C(=O)N[C@H](CCCN=C(N)N)C(=O)N[C@H](Cc1ccccc1)C(N)=O. The average Bonchev–Trinajstić information content (AvgIpc) is 3.42. The van der Waals surface area contributed by atoms with Gasteiger partial charge in [-0.1, -0.05) is 68.3 Å². The number of benzene rings is 2. The smallest absolute Gasteiger partial charge is 0.243 e. The number of unbranched alkanes of at least 4 members (excludes halogenated alkanes) is 1. The maximum absolute atomic E-state index is 13.6. The molecule has 242 valence electrons. The van der Waals surface area contributed by atoms with E-state index in [2.05, 4.69) is 25.9 Å². The summed E-state index contributed by atoms with van der Waals surface area (Å²) in [5.74, 6) is -2.43. The Morgan fingerprint density at radius 1 is 0.778 bits per heavy atom. The third-order valence-corrected chi connectivity index (χ3v) is 7.45. The lowest BCUT2D eigenvalue weighted by Gasteiger charge is -2.25. The minimum Gasteiger partial charge on any atom is -0.370 e. The van der Waals surface area contributed by atoms with Crippen molar-refractivity contribution in [2.24, 2.45) is 27.9 Å². The monoisotopic (exact) mass is 619 g/mol. The van der Waals surface area contributed by atoms with Gasteiger partial charge in [-0.05, 0) is 42.9 Å². The molecule has 0 aliphatic rings. The largest absolute Gasteiger partial charge is 0.370 e. The number of hydrogen-bond acceptors (Lipinski definition) is 6. The predicted octanol–water partition coefficient (Wildman–Crippen LogP) is 0.464. The van der Waals surface area contributed by atoms with Crippen LogP contribution in [-0.4, -0.2) is 65.3 Å². The number of guanidine groups is 1. The first-order chi connectivity index (χ1) is 21.6. The van der Waals surface area contributed by atoms with Crippen LogP contribution in [0.4, 0.5) is 0 Å². The number of para-hydroxylation sites is 1. The van der Waals surface area contributed by atoms with E-state index in [1.807, 2.05) is 67.7 Å². The number of H-pyrrole nitrogens is 1. The van der Waals surface area contributed by atoms with Gasteiger partial charge in [0, 0.05) is 30.1 Å². The molecule has 1 aromatic heterocycles. The Kier molecular flexibility index (Phi) is 13.4. The van der Waals surface area contributed by atoms with E-state index in [0.717, 1.165) is 28.5 Å². The first-order valence-corrected chi connectivity index (χ1v) is 15.2. The molecule has 13 nitrogen and oxygen atoms in total. The summed E-state index contributed by atoms with van der Waals surface area (Å²) in [6, 6.07) is 12.9. The third kappa shape index (κ3) is 10.9. The zero-order chi connectivity index (χ0) is 32.8. The van der Waals surface area contributed by atoms with Crippen LogP contribution in [0, 0.1) is 0 Å². The van der Waals surface area contributed by atoms with E-state index in [4.69, 9.17) is 22.9 Å². The normalized spacial score (nSPS) is 13.6. The molecule has 0 fully saturated rings. The highest BCUT2D eigenvalue weighted by Crippen LogP contribution is 2.19. The molecular weight excluding hydrogens is 574 g/mol. The van der Waals surface area contributed by atoms with Gasteiger partial charge in [0.05, 0.1) is 6.04 Å². The fourth-order valence-corrected chi connectivity index (χ4v) is 4.98. The topological polar surface area (TPSA) is 237 Å². The Morgan fingerprint density at radius 3 is 2.02 bits per heavy atom. The molecular formula is C32H45N9O4. The molecule has 3 aromatic rings. The number of hydrogen-bond donors (Lipinski definition) is 8. The van der Waals surface area contributed by atoms with Crippen molar-refractivity contribution in [2.75, 3.05) is 6.54 Å². The van der Waals surface area contributed by atoms with E-state index in [1.54, 1.807) is 0 Å². The molecule has 0 aliphatic carbocycles. The van der Waals surface area contributed by atoms with Crippen LogP contribution in [-0.2, 0) is 32.0 Å². The Hall–Kier alpha value is -4.91. The molecule has 0 aliphatic heterocycles. The number of aliphatic imine (C=N–C) groups is 1. The van der Waals surface area contributed by atoms with E-state index in [-0.39, 0.29) is 31.8 Å². The fraction of sp³-hybridized carbons (Fsp3) is 0.406. The quantitative estimate of drug-likeness (QED) is 0.0568. The Balaban J connectivity index is 1.71. The summed E-state index contributed by atoms with van der Waals surface area (Å²) in [6.07, 6.45) is 4.57. The lowest BCUT2D eigenvalue weighted by atomic mass is 10.0. The first-order valence-electron chi connectivity index (χ1n) is 15.2. The van der Waals surface area contributed by atoms with Gasteiger partial charge in [-0.2, -0.15) is 0 Å². The summed E-state index contributed by atoms with van der Waals surface area (Å²) in [5.41, 5.74) is 25.4. The van der Waals surface area contributed by atoms with E-state index < -0.39 is 47.8 Å². The van der Waals surface area contributed by atoms with Crippen molar-refractivity contribution < 1.29 is 19.2 Å². The van der Waals surface area contributed by atoms with Gasteiger partial charge < -0.3 is 43.9 Å². The van der Waals surface area contributed by atoms with Crippen molar-refractivity contribution in [3.8, 4) is 0 Å². The van der Waals surface area contributed by atoms with Crippen molar-refractivity contribution in [3.63, 3.8) is 0 Å². The minimum atomic E-state index is -1.05. The second-order valence-corrected chi connectivity index (χ2v) is 11.0. The van der Waals surface area contributed by atoms with Crippen LogP contribution >= 0.6 is 0 Å². The Morgan fingerprint density at radius 2 is 1.38 bits per heavy atom. The zero-order valence-electron chi connectivity index (χ0n) is 25.6. The number of amides is 4. The predicted molar refractivity (Wildman–Crippen MR) is 175 cm³/mol. The molecule has 1 heterocycles. The number of primary amides is 1. The van der Waals surface area contributed by atoms with Gasteiger partial charge >= 0.3 is 0 Å². The molecule has 4 amide bonds. The second kappa shape index (κ2) is 17.4. The molecule has 0 radical (unpaired) electrons. The van der Waals surface area contributed by atoms with Crippen LogP contribution in [0.15, 0.2) is 65.8 Å². The average molecular weight is 620 g/mol. The van der Waals surface area contributed by atoms with Crippen molar-refractivity contribution in [1.29, 1.82) is 0 Å². The number of nitrogens with zero attached hydrogens (tertiary/aromatic N) is 1. The van der Waals surface area contributed by atoms with Gasteiger partial charge in [-0.3, -0.25) is 24.2 Å². The zero-order valence-corrected chi connectivity index (χ0v) is 25.6. The highest BCUT2D eigenvalue weighted by atomic mass is 16.2. The van der Waals surface area contributed by atoms with Crippen LogP contribution in [0.2, 0.25) is 0 Å². The summed E-state index contributed by atoms with van der Waals surface area (Å²) in [4.78, 5) is 59.5. The standard InChI is InChI=1S/C32H45N9O4/c1-2-3-13-25(39-29(43)23(33)18-21-19-38-24-14-8-7-12-22(21)24)30(44)40-26(15-9-16-37-32(35)36)31(45)41-27(28(34)42)17-20-10-5-4-6-11-20/h4-8,10-12,14,19,23,25-27,38H,2-3,9,13,15-18,33H2,1H3,(H2,34,42)(H,39,43)(H,40,44)(H,41,45)(H4,35,36,37)/t23-,25+,26-,27-/m1/s1. The van der Waals surface area contributed by atoms with Gasteiger partial charge in [0.15, 0.2) is 5.96 Å². The van der Waals surface area contributed by atoms with Crippen LogP contribution in [0.25, 0.3) is 10.9 Å². The molecule has 3 rings (SSSR count). The number of carbonyl (C=O) groups excluding carboxylic acids is 4. The molecule has 4 atom stereocenters. The molecule has 0 saturated carbocycles. The van der Waals surface area contributed by atoms with Gasteiger partial charge in [-0.25, -0.2) is 0 Å². The number of rotatable bonds is 18. The van der Waals surface area contributed by atoms with Gasteiger partial charge in [0.25, 0.3) is 0 Å². The number of aromatic nitrogens is 1. The lowest BCUT2D eigenvalue weighted by Crippen LogP contribution is -2.57. The van der Waals surface area contributed by atoms with E-state index in [1.165, 1.54) is 0 Å². The molecule has 0 spiro atoms. The first kappa shape index (κ1) is 34.6. The van der Waals surface area contributed by atoms with E-state index in [0.29, 0.717) is 19.3 Å². The maximum atomic E-state index is 13.6. The minimum absolute atomic E-state index is 0.0944. The molecule has 0 saturated heterocycles. The van der Waals surface area contributed by atoms with E-state index in [9.17, 15) is 19.2 Å². The summed E-state index contributed by atoms with van der Waals surface area (Å²) in [5, 5.41) is 9.19. The Labute approximate surface area is 262 Å². The number of aromatic amines is 1. The van der Waals surface area contributed by atoms with Crippen LogP contribution < -0.4 is 38.9 Å². The summed E-state index contributed by atoms with van der Waals surface area (Å²) >= 11 is 0. The molecule has 0 unspecified atom stereocenters. The van der Waals surface area contributed by atoms with E-state index >= 15 is 0 Å². The molecule has 2 aromatic carbocycles. The second-order valence-electron chi connectivity index (χ2n) is 11.0. The molecule has 12 N–H and O–H groups in total. The fourth-order valence-electron chi connectivity index (χ4n) is 4.98. The maximum Gasteiger partial charge on any atom is 0.243 e. The van der Waals surface area contributed by atoms with Gasteiger partial charge in [0.2, 0.25) is 23.6 Å². The van der Waals surface area contributed by atoms with Crippen molar-refractivity contribution in [3.05, 3.63) is 71.9 Å². The number of nitrogens with one attached hydrogen (secondary N) is 4. The van der Waals surface area contributed by atoms with Crippen LogP contribution in [0.3, 0.4) is 0 Å². The van der Waals surface area contributed by atoms with Gasteiger partial charge in [0.1, 0.15) is 18.1 Å².